The maximum absolute atomic E-state index is 12.9. The molecule has 1 aliphatic heterocycles. The van der Waals surface area contributed by atoms with Crippen LogP contribution in [0.15, 0.2) is 42.5 Å². The largest absolute Gasteiger partial charge is 0.493 e. The lowest BCUT2D eigenvalue weighted by atomic mass is 9.93. The molecule has 27 heavy (non-hydrogen) atoms. The average Bonchev–Trinajstić information content (AvgIpc) is 3.17. The van der Waals surface area contributed by atoms with Crippen LogP contribution in [0.1, 0.15) is 35.7 Å². The number of hydrogen-bond acceptors (Lipinski definition) is 5. The van der Waals surface area contributed by atoms with E-state index in [0.29, 0.717) is 18.0 Å². The molecule has 1 heterocycles. The van der Waals surface area contributed by atoms with Crippen LogP contribution in [0, 0.1) is 12.8 Å². The van der Waals surface area contributed by atoms with Crippen LogP contribution in [0.4, 0.5) is 0 Å². The van der Waals surface area contributed by atoms with Crippen LogP contribution < -0.4 is 25.6 Å². The molecule has 1 amide bonds. The van der Waals surface area contributed by atoms with Crippen LogP contribution in [0.2, 0.25) is 0 Å². The van der Waals surface area contributed by atoms with Gasteiger partial charge in [-0.25, -0.2) is 5.43 Å². The summed E-state index contributed by atoms with van der Waals surface area (Å²) >= 11 is 0. The lowest BCUT2D eigenvalue weighted by Crippen LogP contribution is -2.36. The van der Waals surface area contributed by atoms with E-state index in [1.165, 1.54) is 5.56 Å². The van der Waals surface area contributed by atoms with Gasteiger partial charge in [0.15, 0.2) is 11.5 Å². The molecule has 144 valence electrons. The molecule has 0 spiro atoms. The topological polar surface area (TPSA) is 71.6 Å². The van der Waals surface area contributed by atoms with Gasteiger partial charge in [0, 0.05) is 6.54 Å². The zero-order valence-corrected chi connectivity index (χ0v) is 16.2. The molecule has 2 aromatic rings. The summed E-state index contributed by atoms with van der Waals surface area (Å²) in [5.74, 6) is 1.15. The van der Waals surface area contributed by atoms with Crippen molar-refractivity contribution in [3.63, 3.8) is 0 Å². The molecule has 3 unspecified atom stereocenters. The number of benzene rings is 2. The van der Waals surface area contributed by atoms with Crippen molar-refractivity contribution < 1.29 is 14.3 Å². The highest BCUT2D eigenvalue weighted by molar-refractivity contribution is 5.80. The van der Waals surface area contributed by atoms with Crippen molar-refractivity contribution in [3.05, 3.63) is 59.2 Å². The number of carbonyl (C=O) groups excluding carboxylic acids is 1. The Morgan fingerprint density at radius 2 is 1.81 bits per heavy atom. The van der Waals surface area contributed by atoms with E-state index in [9.17, 15) is 4.79 Å². The van der Waals surface area contributed by atoms with Gasteiger partial charge in [0.05, 0.1) is 32.2 Å². The van der Waals surface area contributed by atoms with Gasteiger partial charge < -0.3 is 14.8 Å². The van der Waals surface area contributed by atoms with Crippen molar-refractivity contribution in [2.75, 3.05) is 20.8 Å². The fourth-order valence-electron chi connectivity index (χ4n) is 3.36. The highest BCUT2D eigenvalue weighted by Gasteiger charge is 2.34. The van der Waals surface area contributed by atoms with E-state index in [1.807, 2.05) is 25.1 Å². The Hall–Kier alpha value is -2.57. The predicted molar refractivity (Wildman–Crippen MR) is 105 cm³/mol. The SMILES string of the molecule is COc1ccc(C(C)NC(=O)C2CNNC2c2ccc(C)cc2)cc1OC. The summed E-state index contributed by atoms with van der Waals surface area (Å²) in [4.78, 5) is 12.9. The van der Waals surface area contributed by atoms with E-state index in [-0.39, 0.29) is 23.9 Å². The molecule has 6 nitrogen and oxygen atoms in total. The quantitative estimate of drug-likeness (QED) is 0.730. The number of hydrogen-bond donors (Lipinski definition) is 3. The molecule has 3 rings (SSSR count). The third-order valence-corrected chi connectivity index (χ3v) is 5.02. The smallest absolute Gasteiger partial charge is 0.226 e. The molecule has 0 bridgehead atoms. The van der Waals surface area contributed by atoms with Crippen molar-refractivity contribution >= 4 is 5.91 Å². The Kier molecular flexibility index (Phi) is 5.98. The van der Waals surface area contributed by atoms with Crippen molar-refractivity contribution in [2.24, 2.45) is 5.92 Å². The van der Waals surface area contributed by atoms with Gasteiger partial charge in [-0.2, -0.15) is 0 Å². The van der Waals surface area contributed by atoms with Gasteiger partial charge in [-0.15, -0.1) is 0 Å². The highest BCUT2D eigenvalue weighted by atomic mass is 16.5. The van der Waals surface area contributed by atoms with E-state index < -0.39 is 0 Å². The van der Waals surface area contributed by atoms with Gasteiger partial charge in [0.2, 0.25) is 5.91 Å². The van der Waals surface area contributed by atoms with Gasteiger partial charge in [-0.05, 0) is 37.1 Å². The molecule has 0 saturated carbocycles. The second-order valence-corrected chi connectivity index (χ2v) is 6.86. The molecule has 1 aliphatic rings. The first kappa shape index (κ1) is 19.2. The Morgan fingerprint density at radius 1 is 1.11 bits per heavy atom. The first-order chi connectivity index (χ1) is 13.0. The zero-order chi connectivity index (χ0) is 19.4. The first-order valence-corrected chi connectivity index (χ1v) is 9.10. The fourth-order valence-corrected chi connectivity index (χ4v) is 3.36. The van der Waals surface area contributed by atoms with E-state index in [2.05, 4.69) is 47.4 Å². The van der Waals surface area contributed by atoms with E-state index in [1.54, 1.807) is 14.2 Å². The molecule has 0 aliphatic carbocycles. The summed E-state index contributed by atoms with van der Waals surface area (Å²) in [6.45, 7) is 4.61. The van der Waals surface area contributed by atoms with Crippen molar-refractivity contribution in [3.8, 4) is 11.5 Å². The highest BCUT2D eigenvalue weighted by Crippen LogP contribution is 2.31. The predicted octanol–water partition coefficient (Wildman–Crippen LogP) is 2.65. The molecule has 0 aromatic heterocycles. The minimum Gasteiger partial charge on any atom is -0.493 e. The average molecular weight is 369 g/mol. The number of hydrazine groups is 1. The third kappa shape index (κ3) is 4.23. The molecular weight excluding hydrogens is 342 g/mol. The second-order valence-electron chi connectivity index (χ2n) is 6.86. The fraction of sp³-hybridized carbons (Fsp3) is 0.381. The Balaban J connectivity index is 1.71. The van der Waals surface area contributed by atoms with Gasteiger partial charge >= 0.3 is 0 Å². The number of ether oxygens (including phenoxy) is 2. The van der Waals surface area contributed by atoms with E-state index in [0.717, 1.165) is 11.1 Å². The first-order valence-electron chi connectivity index (χ1n) is 9.10. The van der Waals surface area contributed by atoms with Crippen molar-refractivity contribution in [1.29, 1.82) is 0 Å². The molecule has 2 aromatic carbocycles. The van der Waals surface area contributed by atoms with Crippen LogP contribution in [-0.2, 0) is 4.79 Å². The van der Waals surface area contributed by atoms with Gasteiger partial charge in [0.1, 0.15) is 0 Å². The summed E-state index contributed by atoms with van der Waals surface area (Å²) in [7, 11) is 3.21. The standard InChI is InChI=1S/C21H27N3O3/c1-13-5-7-15(8-6-13)20-17(12-22-24-20)21(25)23-14(2)16-9-10-18(26-3)19(11-16)27-4/h5-11,14,17,20,22,24H,12H2,1-4H3,(H,23,25). The lowest BCUT2D eigenvalue weighted by Gasteiger charge is -2.22. The number of aryl methyl sites for hydroxylation is 1. The third-order valence-electron chi connectivity index (χ3n) is 5.02. The van der Waals surface area contributed by atoms with E-state index >= 15 is 0 Å². The van der Waals surface area contributed by atoms with Crippen LogP contribution in [-0.4, -0.2) is 26.7 Å². The van der Waals surface area contributed by atoms with Gasteiger partial charge in [-0.1, -0.05) is 35.9 Å². The normalized spacial score (nSPS) is 20.1. The molecule has 3 atom stereocenters. The van der Waals surface area contributed by atoms with Crippen LogP contribution >= 0.6 is 0 Å². The Labute approximate surface area is 160 Å². The monoisotopic (exact) mass is 369 g/mol. The van der Waals surface area contributed by atoms with E-state index in [4.69, 9.17) is 9.47 Å². The number of nitrogens with one attached hydrogen (secondary N) is 3. The van der Waals surface area contributed by atoms with Crippen molar-refractivity contribution in [1.82, 2.24) is 16.2 Å². The minimum atomic E-state index is -0.185. The molecule has 6 heteroatoms. The van der Waals surface area contributed by atoms with Crippen LogP contribution in [0.3, 0.4) is 0 Å². The Bertz CT molecular complexity index is 792. The maximum Gasteiger partial charge on any atom is 0.226 e. The number of methoxy groups -OCH3 is 2. The van der Waals surface area contributed by atoms with Crippen molar-refractivity contribution in [2.45, 2.75) is 25.9 Å². The van der Waals surface area contributed by atoms with Gasteiger partial charge in [-0.3, -0.25) is 10.2 Å². The minimum absolute atomic E-state index is 0.0142. The Morgan fingerprint density at radius 3 is 2.48 bits per heavy atom. The summed E-state index contributed by atoms with van der Waals surface area (Å²) < 4.78 is 10.6. The molecule has 3 N–H and O–H groups in total. The summed E-state index contributed by atoms with van der Waals surface area (Å²) in [5.41, 5.74) is 9.61. The zero-order valence-electron chi connectivity index (χ0n) is 16.2. The molecule has 1 fully saturated rings. The summed E-state index contributed by atoms with van der Waals surface area (Å²) in [5, 5.41) is 3.12. The molecule has 1 saturated heterocycles. The molecule has 0 radical (unpaired) electrons. The lowest BCUT2D eigenvalue weighted by molar-refractivity contribution is -0.125. The van der Waals surface area contributed by atoms with Crippen LogP contribution in [0.5, 0.6) is 11.5 Å². The second kappa shape index (κ2) is 8.41. The maximum atomic E-state index is 12.9. The van der Waals surface area contributed by atoms with Gasteiger partial charge in [0.25, 0.3) is 0 Å². The molecular formula is C21H27N3O3. The number of carbonyl (C=O) groups is 1. The van der Waals surface area contributed by atoms with Crippen LogP contribution in [0.25, 0.3) is 0 Å². The summed E-state index contributed by atoms with van der Waals surface area (Å²) in [6.07, 6.45) is 0. The number of amides is 1. The summed E-state index contributed by atoms with van der Waals surface area (Å²) in [6, 6.07) is 13.8. The number of rotatable bonds is 6.